The van der Waals surface area contributed by atoms with Gasteiger partial charge >= 0.3 is 0 Å². The second-order valence-electron chi connectivity index (χ2n) is 7.78. The summed E-state index contributed by atoms with van der Waals surface area (Å²) in [5, 5.41) is 4.59. The molecule has 4 heterocycles. The highest BCUT2D eigenvalue weighted by molar-refractivity contribution is 7.22. The summed E-state index contributed by atoms with van der Waals surface area (Å²) in [5.74, 6) is -0.327. The largest absolute Gasteiger partial charge is 0.448 e. The number of nitrogens with zero attached hydrogens (tertiary/aromatic N) is 4. The summed E-state index contributed by atoms with van der Waals surface area (Å²) in [6.07, 6.45) is 1.38. The van der Waals surface area contributed by atoms with Gasteiger partial charge in [-0.1, -0.05) is 23.5 Å². The molecule has 33 heavy (non-hydrogen) atoms. The fraction of sp³-hybridized carbons (Fsp3) is 0.217. The first-order chi connectivity index (χ1) is 16.2. The van der Waals surface area contributed by atoms with Crippen LogP contribution in [0.15, 0.2) is 58.0 Å². The van der Waals surface area contributed by atoms with Crippen LogP contribution in [0.1, 0.15) is 0 Å². The van der Waals surface area contributed by atoms with Crippen LogP contribution < -0.4 is 15.8 Å². The second kappa shape index (κ2) is 7.98. The maximum atomic E-state index is 12.8. The Morgan fingerprint density at radius 2 is 2.00 bits per heavy atom. The minimum atomic E-state index is -0.389. The summed E-state index contributed by atoms with van der Waals surface area (Å²) >= 11 is 1.59. The third-order valence-electron chi connectivity index (χ3n) is 5.61. The molecule has 2 aromatic carbocycles. The molecule has 0 bridgehead atoms. The zero-order valence-electron chi connectivity index (χ0n) is 17.5. The van der Waals surface area contributed by atoms with Crippen molar-refractivity contribution in [1.29, 1.82) is 0 Å². The average molecular weight is 462 g/mol. The van der Waals surface area contributed by atoms with E-state index in [9.17, 15) is 9.59 Å². The number of benzene rings is 2. The molecule has 166 valence electrons. The minimum absolute atomic E-state index is 0.147. The molecule has 9 nitrogen and oxygen atoms in total. The number of para-hydroxylation sites is 1. The van der Waals surface area contributed by atoms with Gasteiger partial charge in [0.15, 0.2) is 5.13 Å². The Labute approximate surface area is 191 Å². The Morgan fingerprint density at radius 1 is 1.15 bits per heavy atom. The predicted molar refractivity (Wildman–Crippen MR) is 127 cm³/mol. The Bertz CT molecular complexity index is 1560. The number of nitrogens with one attached hydrogen (secondary N) is 1. The molecule has 0 spiro atoms. The van der Waals surface area contributed by atoms with Crippen molar-refractivity contribution >= 4 is 60.3 Å². The number of carbonyl (C=O) groups is 1. The Kier molecular flexibility index (Phi) is 4.81. The maximum Gasteiger partial charge on any atom is 0.297 e. The highest BCUT2D eigenvalue weighted by Gasteiger charge is 2.17. The standard InChI is InChI=1S/C23H19N5O4S/c29-19(12-28-13-24-20-15-3-1-2-4-17(15)32-21(20)22(28)30)25-14-5-6-16-18(11-14)33-23(26-16)27-7-9-31-10-8-27/h1-6,11,13H,7-10,12H2,(H,25,29). The molecule has 5 aromatic rings. The van der Waals surface area contributed by atoms with Crippen molar-refractivity contribution in [2.45, 2.75) is 6.54 Å². The molecule has 1 aliphatic heterocycles. The SMILES string of the molecule is O=C(Cn1cnc2c(oc3ccccc32)c1=O)Nc1ccc2nc(N3CCOCC3)sc2c1. The molecule has 0 atom stereocenters. The van der Waals surface area contributed by atoms with Crippen LogP contribution in [0.3, 0.4) is 0 Å². The molecule has 10 heteroatoms. The van der Waals surface area contributed by atoms with Crippen molar-refractivity contribution in [2.75, 3.05) is 36.5 Å². The molecule has 0 radical (unpaired) electrons. The van der Waals surface area contributed by atoms with Gasteiger partial charge in [0, 0.05) is 24.2 Å². The number of hydrogen-bond acceptors (Lipinski definition) is 8. The molecule has 1 saturated heterocycles. The third kappa shape index (κ3) is 3.62. The summed E-state index contributed by atoms with van der Waals surface area (Å²) in [4.78, 5) is 36.8. The second-order valence-corrected chi connectivity index (χ2v) is 8.79. The molecular weight excluding hydrogens is 442 g/mol. The molecular formula is C23H19N5O4S. The lowest BCUT2D eigenvalue weighted by atomic mass is 10.2. The first-order valence-corrected chi connectivity index (χ1v) is 11.4. The number of furan rings is 1. The summed E-state index contributed by atoms with van der Waals surface area (Å²) in [6, 6.07) is 12.9. The highest BCUT2D eigenvalue weighted by atomic mass is 32.1. The molecule has 1 amide bonds. The first-order valence-electron chi connectivity index (χ1n) is 10.6. The number of fused-ring (bicyclic) bond motifs is 4. The average Bonchev–Trinajstić information content (AvgIpc) is 3.43. The van der Waals surface area contributed by atoms with Gasteiger partial charge in [-0.2, -0.15) is 0 Å². The number of hydrogen-bond donors (Lipinski definition) is 1. The normalized spacial score (nSPS) is 14.4. The van der Waals surface area contributed by atoms with E-state index in [-0.39, 0.29) is 23.6 Å². The first kappa shape index (κ1) is 19.9. The number of aromatic nitrogens is 3. The Morgan fingerprint density at radius 3 is 2.88 bits per heavy atom. The summed E-state index contributed by atoms with van der Waals surface area (Å²) in [5.41, 5.74) is 2.38. The molecule has 3 aromatic heterocycles. The van der Waals surface area contributed by atoms with E-state index >= 15 is 0 Å². The van der Waals surface area contributed by atoms with Crippen LogP contribution in [0, 0.1) is 0 Å². The van der Waals surface area contributed by atoms with Gasteiger partial charge in [-0.3, -0.25) is 14.2 Å². The van der Waals surface area contributed by atoms with Crippen LogP contribution in [0.25, 0.3) is 32.3 Å². The van der Waals surface area contributed by atoms with Crippen molar-refractivity contribution < 1.29 is 13.9 Å². The fourth-order valence-electron chi connectivity index (χ4n) is 3.96. The lowest BCUT2D eigenvalue weighted by molar-refractivity contribution is -0.116. The molecule has 0 saturated carbocycles. The fourth-order valence-corrected chi connectivity index (χ4v) is 5.02. The van der Waals surface area contributed by atoms with Crippen LogP contribution in [-0.2, 0) is 16.1 Å². The zero-order valence-corrected chi connectivity index (χ0v) is 18.3. The smallest absolute Gasteiger partial charge is 0.297 e. The van der Waals surface area contributed by atoms with E-state index in [0.717, 1.165) is 33.8 Å². The van der Waals surface area contributed by atoms with Gasteiger partial charge in [0.1, 0.15) is 17.6 Å². The van der Waals surface area contributed by atoms with Crippen molar-refractivity contribution in [2.24, 2.45) is 0 Å². The van der Waals surface area contributed by atoms with E-state index in [4.69, 9.17) is 14.1 Å². The lowest BCUT2D eigenvalue weighted by Gasteiger charge is -2.25. The van der Waals surface area contributed by atoms with Gasteiger partial charge in [0.2, 0.25) is 11.5 Å². The van der Waals surface area contributed by atoms with Crippen molar-refractivity contribution in [1.82, 2.24) is 14.5 Å². The summed E-state index contributed by atoms with van der Waals surface area (Å²) in [7, 11) is 0. The number of carbonyl (C=O) groups excluding carboxylic acids is 1. The van der Waals surface area contributed by atoms with Gasteiger partial charge in [0.05, 0.1) is 29.8 Å². The number of rotatable bonds is 4. The van der Waals surface area contributed by atoms with Crippen molar-refractivity contribution in [3.8, 4) is 0 Å². The van der Waals surface area contributed by atoms with Crippen LogP contribution in [0.2, 0.25) is 0 Å². The molecule has 6 rings (SSSR count). The lowest BCUT2D eigenvalue weighted by Crippen LogP contribution is -2.36. The molecule has 1 aliphatic rings. The number of thiazole rings is 1. The van der Waals surface area contributed by atoms with Gasteiger partial charge in [-0.05, 0) is 30.3 Å². The quantitative estimate of drug-likeness (QED) is 0.438. The summed E-state index contributed by atoms with van der Waals surface area (Å²) in [6.45, 7) is 2.87. The van der Waals surface area contributed by atoms with Crippen LogP contribution >= 0.6 is 11.3 Å². The van der Waals surface area contributed by atoms with Crippen molar-refractivity contribution in [3.63, 3.8) is 0 Å². The molecule has 0 unspecified atom stereocenters. The van der Waals surface area contributed by atoms with E-state index in [2.05, 4.69) is 15.2 Å². The number of anilines is 2. The Hall–Kier alpha value is -3.76. The van der Waals surface area contributed by atoms with E-state index in [1.807, 2.05) is 36.4 Å². The van der Waals surface area contributed by atoms with Gasteiger partial charge in [-0.15, -0.1) is 0 Å². The molecule has 1 fully saturated rings. The number of morpholine rings is 1. The van der Waals surface area contributed by atoms with E-state index in [1.54, 1.807) is 17.4 Å². The summed E-state index contributed by atoms with van der Waals surface area (Å²) < 4.78 is 13.3. The van der Waals surface area contributed by atoms with Gasteiger partial charge < -0.3 is 19.4 Å². The van der Waals surface area contributed by atoms with E-state index in [1.165, 1.54) is 10.9 Å². The highest BCUT2D eigenvalue weighted by Crippen LogP contribution is 2.31. The number of amides is 1. The minimum Gasteiger partial charge on any atom is -0.448 e. The molecule has 1 N–H and O–H groups in total. The van der Waals surface area contributed by atoms with Crippen LogP contribution in [0.4, 0.5) is 10.8 Å². The van der Waals surface area contributed by atoms with Crippen LogP contribution in [-0.4, -0.2) is 46.7 Å². The maximum absolute atomic E-state index is 12.8. The zero-order chi connectivity index (χ0) is 22.4. The molecule has 0 aliphatic carbocycles. The predicted octanol–water partition coefficient (Wildman–Crippen LogP) is 3.23. The third-order valence-corrected chi connectivity index (χ3v) is 6.69. The van der Waals surface area contributed by atoms with Crippen molar-refractivity contribution in [3.05, 3.63) is 59.1 Å². The Balaban J connectivity index is 1.22. The van der Waals surface area contributed by atoms with Gasteiger partial charge in [0.25, 0.3) is 5.56 Å². The monoisotopic (exact) mass is 461 g/mol. The van der Waals surface area contributed by atoms with Crippen LogP contribution in [0.5, 0.6) is 0 Å². The van der Waals surface area contributed by atoms with Gasteiger partial charge in [-0.25, -0.2) is 9.97 Å². The van der Waals surface area contributed by atoms with E-state index < -0.39 is 0 Å². The topological polar surface area (TPSA) is 102 Å². The van der Waals surface area contributed by atoms with E-state index in [0.29, 0.717) is 30.0 Å². The number of ether oxygens (including phenoxy) is 1.